The van der Waals surface area contributed by atoms with Gasteiger partial charge in [0, 0.05) is 9.37 Å². The minimum Gasteiger partial charge on any atom is -0.467 e. The van der Waals surface area contributed by atoms with Gasteiger partial charge in [-0.3, -0.25) is 4.79 Å². The molecule has 0 saturated carbocycles. The molecule has 106 valence electrons. The van der Waals surface area contributed by atoms with Crippen LogP contribution in [0.2, 0.25) is 0 Å². The molecule has 0 radical (unpaired) electrons. The Morgan fingerprint density at radius 2 is 2.25 bits per heavy atom. The summed E-state index contributed by atoms with van der Waals surface area (Å²) in [4.78, 5) is 13.0. The number of carbonyl (C=O) groups is 1. The normalized spacial score (nSPS) is 12.2. The molecule has 0 fully saturated rings. The van der Waals surface area contributed by atoms with Crippen LogP contribution in [0.5, 0.6) is 0 Å². The molecule has 1 aromatic heterocycles. The van der Waals surface area contributed by atoms with E-state index < -0.39 is 0 Å². The van der Waals surface area contributed by atoms with Crippen LogP contribution in [-0.2, 0) is 4.79 Å². The molecule has 1 amide bonds. The first-order valence-corrected chi connectivity index (χ1v) is 8.06. The fourth-order valence-corrected chi connectivity index (χ4v) is 3.11. The summed E-state index contributed by atoms with van der Waals surface area (Å²) >= 11 is 4.97. The van der Waals surface area contributed by atoms with Gasteiger partial charge in [0.25, 0.3) is 0 Å². The smallest absolute Gasteiger partial charge is 0.230 e. The van der Waals surface area contributed by atoms with Gasteiger partial charge >= 0.3 is 0 Å². The number of halogens is 1. The molecule has 0 saturated heterocycles. The Hall–Kier alpha value is -1.20. The molecule has 2 rings (SSSR count). The van der Waals surface area contributed by atoms with Crippen molar-refractivity contribution < 1.29 is 9.21 Å². The highest BCUT2D eigenvalue weighted by molar-refractivity contribution is 9.10. The van der Waals surface area contributed by atoms with Crippen molar-refractivity contribution in [2.24, 2.45) is 0 Å². The zero-order valence-electron chi connectivity index (χ0n) is 11.4. The van der Waals surface area contributed by atoms with Crippen LogP contribution in [-0.4, -0.2) is 11.7 Å². The van der Waals surface area contributed by atoms with Gasteiger partial charge in [-0.15, -0.1) is 11.8 Å². The van der Waals surface area contributed by atoms with Crippen molar-refractivity contribution in [3.05, 3.63) is 52.4 Å². The Kier molecular flexibility index (Phi) is 5.31. The average Bonchev–Trinajstić information content (AvgIpc) is 2.91. The lowest BCUT2D eigenvalue weighted by atomic mass is 10.2. The second kappa shape index (κ2) is 6.99. The first kappa shape index (κ1) is 15.2. The van der Waals surface area contributed by atoms with Gasteiger partial charge in [-0.2, -0.15) is 0 Å². The first-order valence-electron chi connectivity index (χ1n) is 6.28. The highest BCUT2D eigenvalue weighted by atomic mass is 79.9. The number of hydrogen-bond acceptors (Lipinski definition) is 3. The van der Waals surface area contributed by atoms with E-state index in [9.17, 15) is 4.79 Å². The predicted molar refractivity (Wildman–Crippen MR) is 84.9 cm³/mol. The summed E-state index contributed by atoms with van der Waals surface area (Å²) in [7, 11) is 0. The maximum atomic E-state index is 11.9. The van der Waals surface area contributed by atoms with Crippen molar-refractivity contribution in [3.63, 3.8) is 0 Å². The number of furan rings is 1. The molecule has 20 heavy (non-hydrogen) atoms. The summed E-state index contributed by atoms with van der Waals surface area (Å²) in [5, 5.41) is 2.92. The van der Waals surface area contributed by atoms with E-state index in [1.54, 1.807) is 6.26 Å². The Bertz CT molecular complexity index is 584. The third-order valence-electron chi connectivity index (χ3n) is 2.84. The van der Waals surface area contributed by atoms with Crippen LogP contribution in [0, 0.1) is 6.92 Å². The molecular weight excluding hydrogens is 338 g/mol. The van der Waals surface area contributed by atoms with Gasteiger partial charge in [0.15, 0.2) is 0 Å². The minimum atomic E-state index is -0.107. The third-order valence-corrected chi connectivity index (χ3v) is 4.51. The fraction of sp³-hybridized carbons (Fsp3) is 0.267. The molecule has 0 unspecified atom stereocenters. The second-order valence-corrected chi connectivity index (χ2v) is 6.44. The van der Waals surface area contributed by atoms with Gasteiger partial charge in [0.1, 0.15) is 5.76 Å². The number of thioether (sulfide) groups is 1. The summed E-state index contributed by atoms with van der Waals surface area (Å²) in [5.74, 6) is 1.16. The molecule has 0 spiro atoms. The molecular formula is C15H16BrNO2S. The van der Waals surface area contributed by atoms with Crippen LogP contribution in [0.3, 0.4) is 0 Å². The quantitative estimate of drug-likeness (QED) is 0.813. The topological polar surface area (TPSA) is 42.2 Å². The van der Waals surface area contributed by atoms with Crippen molar-refractivity contribution in [1.29, 1.82) is 0 Å². The number of benzene rings is 1. The van der Waals surface area contributed by atoms with E-state index in [4.69, 9.17) is 4.42 Å². The van der Waals surface area contributed by atoms with Crippen molar-refractivity contribution >= 4 is 33.6 Å². The van der Waals surface area contributed by atoms with Crippen LogP contribution in [0.25, 0.3) is 0 Å². The number of carbonyl (C=O) groups excluding carboxylic acids is 1. The highest BCUT2D eigenvalue weighted by Crippen LogP contribution is 2.25. The lowest BCUT2D eigenvalue weighted by molar-refractivity contribution is -0.119. The Balaban J connectivity index is 1.86. The summed E-state index contributed by atoms with van der Waals surface area (Å²) in [6, 6.07) is 9.62. The summed E-state index contributed by atoms with van der Waals surface area (Å²) in [5.41, 5.74) is 1.16. The van der Waals surface area contributed by atoms with Crippen molar-refractivity contribution in [2.75, 3.05) is 5.75 Å². The monoisotopic (exact) mass is 353 g/mol. The molecule has 0 aliphatic heterocycles. The number of amides is 1. The Morgan fingerprint density at radius 1 is 1.45 bits per heavy atom. The molecule has 5 heteroatoms. The maximum Gasteiger partial charge on any atom is 0.230 e. The molecule has 0 aliphatic carbocycles. The maximum absolute atomic E-state index is 11.9. The predicted octanol–water partition coefficient (Wildman–Crippen LogP) is 4.32. The van der Waals surface area contributed by atoms with Crippen molar-refractivity contribution in [2.45, 2.75) is 24.8 Å². The molecule has 2 aromatic rings. The van der Waals surface area contributed by atoms with Crippen molar-refractivity contribution in [3.8, 4) is 0 Å². The summed E-state index contributed by atoms with van der Waals surface area (Å²) in [6.07, 6.45) is 1.61. The lowest BCUT2D eigenvalue weighted by Crippen LogP contribution is -2.27. The van der Waals surface area contributed by atoms with Gasteiger partial charge < -0.3 is 9.73 Å². The van der Waals surface area contributed by atoms with E-state index in [0.717, 1.165) is 20.7 Å². The molecule has 0 bridgehead atoms. The lowest BCUT2D eigenvalue weighted by Gasteiger charge is -2.11. The third kappa shape index (κ3) is 4.15. The van der Waals surface area contributed by atoms with Gasteiger partial charge in [0.05, 0.1) is 18.1 Å². The zero-order chi connectivity index (χ0) is 14.5. The van der Waals surface area contributed by atoms with Gasteiger partial charge in [-0.1, -0.05) is 15.9 Å². The van der Waals surface area contributed by atoms with Crippen LogP contribution >= 0.6 is 27.7 Å². The summed E-state index contributed by atoms with van der Waals surface area (Å²) < 4.78 is 6.32. The average molecular weight is 354 g/mol. The van der Waals surface area contributed by atoms with E-state index in [2.05, 4.69) is 21.2 Å². The van der Waals surface area contributed by atoms with Gasteiger partial charge in [-0.25, -0.2) is 0 Å². The number of rotatable bonds is 5. The first-order chi connectivity index (χ1) is 9.56. The van der Waals surface area contributed by atoms with E-state index in [1.807, 2.05) is 44.2 Å². The van der Waals surface area contributed by atoms with Crippen LogP contribution in [0.1, 0.15) is 24.3 Å². The standard InChI is InChI=1S/C15H16BrNO2S/c1-10-8-12(16)5-6-14(10)20-9-15(18)17-11(2)13-4-3-7-19-13/h3-8,11H,9H2,1-2H3,(H,17,18)/t11-/m0/s1. The van der Waals surface area contributed by atoms with E-state index >= 15 is 0 Å². The van der Waals surface area contributed by atoms with Crippen LogP contribution in [0.15, 0.2) is 50.4 Å². The number of aryl methyl sites for hydroxylation is 1. The zero-order valence-corrected chi connectivity index (χ0v) is 13.8. The number of hydrogen-bond donors (Lipinski definition) is 1. The van der Waals surface area contributed by atoms with E-state index in [-0.39, 0.29) is 11.9 Å². The largest absolute Gasteiger partial charge is 0.467 e. The molecule has 1 atom stereocenters. The van der Waals surface area contributed by atoms with E-state index in [0.29, 0.717) is 5.75 Å². The number of nitrogens with one attached hydrogen (secondary N) is 1. The Labute approximate surface area is 131 Å². The summed E-state index contributed by atoms with van der Waals surface area (Å²) in [6.45, 7) is 3.95. The molecule has 0 aliphatic rings. The SMILES string of the molecule is Cc1cc(Br)ccc1SCC(=O)N[C@@H](C)c1ccco1. The Morgan fingerprint density at radius 3 is 2.90 bits per heavy atom. The fourth-order valence-electron chi connectivity index (χ4n) is 1.81. The molecule has 3 nitrogen and oxygen atoms in total. The minimum absolute atomic E-state index is 0.00113. The molecule has 1 N–H and O–H groups in total. The van der Waals surface area contributed by atoms with Crippen molar-refractivity contribution in [1.82, 2.24) is 5.32 Å². The van der Waals surface area contributed by atoms with Crippen LogP contribution in [0.4, 0.5) is 0 Å². The molecule has 1 aromatic carbocycles. The van der Waals surface area contributed by atoms with Gasteiger partial charge in [0.2, 0.25) is 5.91 Å². The van der Waals surface area contributed by atoms with Gasteiger partial charge in [-0.05, 0) is 49.7 Å². The van der Waals surface area contributed by atoms with E-state index in [1.165, 1.54) is 11.8 Å². The molecule has 1 heterocycles. The highest BCUT2D eigenvalue weighted by Gasteiger charge is 2.12. The second-order valence-electron chi connectivity index (χ2n) is 4.50. The van der Waals surface area contributed by atoms with Crippen LogP contribution < -0.4 is 5.32 Å².